The van der Waals surface area contributed by atoms with Gasteiger partial charge < -0.3 is 15.0 Å². The second-order valence-electron chi connectivity index (χ2n) is 8.33. The van der Waals surface area contributed by atoms with Crippen molar-refractivity contribution in [1.29, 1.82) is 0 Å². The van der Waals surface area contributed by atoms with Gasteiger partial charge in [0.15, 0.2) is 0 Å². The second kappa shape index (κ2) is 10.5. The average molecular weight is 427 g/mol. The van der Waals surface area contributed by atoms with E-state index in [0.29, 0.717) is 13.0 Å². The van der Waals surface area contributed by atoms with Crippen molar-refractivity contribution >= 4 is 38.2 Å². The summed E-state index contributed by atoms with van der Waals surface area (Å²) in [6.45, 7) is 4.32. The first kappa shape index (κ1) is 22.1. The molecule has 4 aromatic carbocycles. The number of hydrogen-bond acceptors (Lipinski definition) is 3. The molecule has 1 aliphatic rings. The van der Waals surface area contributed by atoms with Crippen LogP contribution in [0.15, 0.2) is 54.6 Å². The number of amides is 1. The molecular formula is C28H30N2O2. The van der Waals surface area contributed by atoms with Crippen LogP contribution in [0, 0.1) is 12.3 Å². The number of terminal acetylenes is 1. The zero-order valence-corrected chi connectivity index (χ0v) is 18.7. The molecule has 4 nitrogen and oxygen atoms in total. The standard InChI is InChI=1S/C23H19NO.C5H11NO/c1-2-15-24-21(25)8-4-5-16-9-10-19-12-11-17-6-3-7-18-13-14-20(16)23(19)22(17)18;1-6-2-4-7-5-3-6/h1,3,6-7,9-14H,4-5,8,15H2,(H,24,25);2-5H2,1H3. The van der Waals surface area contributed by atoms with Gasteiger partial charge in [-0.1, -0.05) is 60.5 Å². The topological polar surface area (TPSA) is 41.6 Å². The molecule has 0 atom stereocenters. The van der Waals surface area contributed by atoms with E-state index in [-0.39, 0.29) is 5.91 Å². The highest BCUT2D eigenvalue weighted by molar-refractivity contribution is 6.23. The van der Waals surface area contributed by atoms with Crippen LogP contribution in [-0.4, -0.2) is 50.7 Å². The van der Waals surface area contributed by atoms with Gasteiger partial charge in [-0.05, 0) is 57.8 Å². The van der Waals surface area contributed by atoms with Crippen molar-refractivity contribution in [1.82, 2.24) is 10.2 Å². The van der Waals surface area contributed by atoms with Crippen molar-refractivity contribution < 1.29 is 9.53 Å². The zero-order chi connectivity index (χ0) is 22.3. The van der Waals surface area contributed by atoms with Crippen molar-refractivity contribution in [3.8, 4) is 12.3 Å². The van der Waals surface area contributed by atoms with Gasteiger partial charge in [0.1, 0.15) is 0 Å². The van der Waals surface area contributed by atoms with Gasteiger partial charge in [0, 0.05) is 19.5 Å². The highest BCUT2D eigenvalue weighted by Gasteiger charge is 2.11. The Labute approximate surface area is 189 Å². The van der Waals surface area contributed by atoms with Gasteiger partial charge in [-0.2, -0.15) is 0 Å². The molecule has 4 heteroatoms. The number of nitrogens with zero attached hydrogens (tertiary/aromatic N) is 1. The fourth-order valence-corrected chi connectivity index (χ4v) is 4.35. The molecule has 1 fully saturated rings. The maximum atomic E-state index is 11.7. The Bertz CT molecular complexity index is 1220. The Balaban J connectivity index is 0.000000300. The Hall–Kier alpha value is -3.13. The lowest BCUT2D eigenvalue weighted by molar-refractivity contribution is -0.120. The van der Waals surface area contributed by atoms with Crippen LogP contribution >= 0.6 is 0 Å². The van der Waals surface area contributed by atoms with Crippen LogP contribution in [0.5, 0.6) is 0 Å². The summed E-state index contributed by atoms with van der Waals surface area (Å²) in [4.78, 5) is 14.0. The summed E-state index contributed by atoms with van der Waals surface area (Å²) in [6, 6.07) is 19.7. The number of ether oxygens (including phenoxy) is 1. The van der Waals surface area contributed by atoms with Crippen molar-refractivity contribution in [2.24, 2.45) is 0 Å². The maximum Gasteiger partial charge on any atom is 0.220 e. The molecule has 32 heavy (non-hydrogen) atoms. The lowest BCUT2D eigenvalue weighted by Crippen LogP contribution is -2.32. The van der Waals surface area contributed by atoms with Crippen molar-refractivity contribution in [2.75, 3.05) is 39.9 Å². The van der Waals surface area contributed by atoms with Gasteiger partial charge >= 0.3 is 0 Å². The van der Waals surface area contributed by atoms with Crippen LogP contribution in [0.2, 0.25) is 0 Å². The Morgan fingerprint density at radius 2 is 1.66 bits per heavy atom. The summed E-state index contributed by atoms with van der Waals surface area (Å²) in [7, 11) is 2.11. The van der Waals surface area contributed by atoms with E-state index in [9.17, 15) is 4.79 Å². The Kier molecular flexibility index (Phi) is 7.21. The first-order valence-electron chi connectivity index (χ1n) is 11.3. The molecule has 0 saturated carbocycles. The van der Waals surface area contributed by atoms with E-state index in [1.165, 1.54) is 37.9 Å². The summed E-state index contributed by atoms with van der Waals surface area (Å²) in [5, 5.41) is 10.5. The molecule has 1 heterocycles. The molecule has 4 aromatic rings. The molecule has 0 spiro atoms. The minimum absolute atomic E-state index is 0.0238. The van der Waals surface area contributed by atoms with Crippen LogP contribution in [0.1, 0.15) is 18.4 Å². The van der Waals surface area contributed by atoms with Crippen LogP contribution < -0.4 is 5.32 Å². The highest BCUT2D eigenvalue weighted by Crippen LogP contribution is 2.36. The SMILES string of the molecule is C#CCNC(=O)CCCc1ccc2ccc3cccc4ccc1c2c34.CN1CCOCC1. The normalized spacial score (nSPS) is 14.2. The van der Waals surface area contributed by atoms with Gasteiger partial charge in [-0.25, -0.2) is 0 Å². The monoisotopic (exact) mass is 426 g/mol. The summed E-state index contributed by atoms with van der Waals surface area (Å²) < 4.78 is 5.10. The molecule has 0 unspecified atom stereocenters. The van der Waals surface area contributed by atoms with Crippen LogP contribution in [0.25, 0.3) is 32.3 Å². The van der Waals surface area contributed by atoms with E-state index in [0.717, 1.165) is 39.1 Å². The number of rotatable bonds is 5. The lowest BCUT2D eigenvalue weighted by atomic mass is 9.90. The minimum Gasteiger partial charge on any atom is -0.379 e. The Morgan fingerprint density at radius 3 is 2.31 bits per heavy atom. The van der Waals surface area contributed by atoms with Gasteiger partial charge in [-0.15, -0.1) is 6.42 Å². The van der Waals surface area contributed by atoms with E-state index < -0.39 is 0 Å². The van der Waals surface area contributed by atoms with E-state index in [1.807, 2.05) is 0 Å². The number of benzene rings is 4. The Morgan fingerprint density at radius 1 is 1.00 bits per heavy atom. The third-order valence-electron chi connectivity index (χ3n) is 6.09. The minimum atomic E-state index is 0.0238. The van der Waals surface area contributed by atoms with Gasteiger partial charge in [0.2, 0.25) is 5.91 Å². The van der Waals surface area contributed by atoms with Gasteiger partial charge in [0.25, 0.3) is 0 Å². The fourth-order valence-electron chi connectivity index (χ4n) is 4.35. The molecular weight excluding hydrogens is 396 g/mol. The maximum absolute atomic E-state index is 11.7. The smallest absolute Gasteiger partial charge is 0.220 e. The third-order valence-corrected chi connectivity index (χ3v) is 6.09. The van der Waals surface area contributed by atoms with E-state index in [4.69, 9.17) is 11.2 Å². The van der Waals surface area contributed by atoms with Gasteiger partial charge in [-0.3, -0.25) is 4.79 Å². The molecule has 0 bridgehead atoms. The van der Waals surface area contributed by atoms with E-state index in [1.54, 1.807) is 0 Å². The third kappa shape index (κ3) is 5.02. The molecule has 1 N–H and O–H groups in total. The van der Waals surface area contributed by atoms with E-state index >= 15 is 0 Å². The number of carbonyl (C=O) groups is 1. The first-order chi connectivity index (χ1) is 15.7. The number of likely N-dealkylation sites (N-methyl/N-ethyl adjacent to an activating group) is 1. The predicted octanol–water partition coefficient (Wildman–Crippen LogP) is 4.60. The number of nitrogens with one attached hydrogen (secondary N) is 1. The van der Waals surface area contributed by atoms with E-state index in [2.05, 4.69) is 77.8 Å². The molecule has 1 saturated heterocycles. The molecule has 5 rings (SSSR count). The van der Waals surface area contributed by atoms with Crippen molar-refractivity contribution in [2.45, 2.75) is 19.3 Å². The predicted molar refractivity (Wildman–Crippen MR) is 133 cm³/mol. The largest absolute Gasteiger partial charge is 0.379 e. The molecule has 164 valence electrons. The number of aryl methyl sites for hydroxylation is 1. The molecule has 0 aliphatic carbocycles. The fraction of sp³-hybridized carbons (Fsp3) is 0.321. The molecule has 0 radical (unpaired) electrons. The summed E-state index contributed by atoms with van der Waals surface area (Å²) in [5.41, 5.74) is 1.30. The second-order valence-corrected chi connectivity index (χ2v) is 8.33. The van der Waals surface area contributed by atoms with Crippen LogP contribution in [0.4, 0.5) is 0 Å². The highest BCUT2D eigenvalue weighted by atomic mass is 16.5. The molecule has 1 aliphatic heterocycles. The summed E-state index contributed by atoms with van der Waals surface area (Å²) in [6.07, 6.45) is 7.38. The van der Waals surface area contributed by atoms with Crippen molar-refractivity contribution in [3.05, 3.63) is 60.2 Å². The number of morpholine rings is 1. The average Bonchev–Trinajstić information content (AvgIpc) is 2.83. The summed E-state index contributed by atoms with van der Waals surface area (Å²) in [5.74, 6) is 2.45. The van der Waals surface area contributed by atoms with Crippen LogP contribution in [-0.2, 0) is 16.0 Å². The summed E-state index contributed by atoms with van der Waals surface area (Å²) >= 11 is 0. The van der Waals surface area contributed by atoms with Crippen molar-refractivity contribution in [3.63, 3.8) is 0 Å². The van der Waals surface area contributed by atoms with Gasteiger partial charge in [0.05, 0.1) is 19.8 Å². The first-order valence-corrected chi connectivity index (χ1v) is 11.3. The lowest BCUT2D eigenvalue weighted by Gasteiger charge is -2.21. The molecule has 1 amide bonds. The quantitative estimate of drug-likeness (QED) is 0.374. The van der Waals surface area contributed by atoms with Crippen LogP contribution in [0.3, 0.4) is 0 Å². The molecule has 0 aromatic heterocycles. The zero-order valence-electron chi connectivity index (χ0n) is 18.7. The number of carbonyl (C=O) groups excluding carboxylic acids is 1. The number of hydrogen-bond donors (Lipinski definition) is 1.